The van der Waals surface area contributed by atoms with E-state index >= 15 is 0 Å². The summed E-state index contributed by atoms with van der Waals surface area (Å²) >= 11 is 0. The molecule has 5 nitrogen and oxygen atoms in total. The Morgan fingerprint density at radius 2 is 2.25 bits per heavy atom. The number of nitrogens with zero attached hydrogens (tertiary/aromatic N) is 3. The summed E-state index contributed by atoms with van der Waals surface area (Å²) in [5, 5.41) is 21.6. The summed E-state index contributed by atoms with van der Waals surface area (Å²) in [5.74, 6) is 0. The van der Waals surface area contributed by atoms with E-state index in [9.17, 15) is 0 Å². The molecule has 0 aliphatic carbocycles. The molecule has 2 heterocycles. The molecule has 5 heteroatoms. The lowest BCUT2D eigenvalue weighted by molar-refractivity contribution is 1.09. The van der Waals surface area contributed by atoms with Gasteiger partial charge in [-0.25, -0.2) is 0 Å². The standard InChI is InChI=1S/C7H5N5/c8-1-5-2-11-12-7(5)6-3-9-10-4-6/h2-4H,(H,9,10)(H,11,12). The van der Waals surface area contributed by atoms with Crippen molar-refractivity contribution in [3.8, 4) is 17.3 Å². The van der Waals surface area contributed by atoms with Crippen molar-refractivity contribution in [2.75, 3.05) is 0 Å². The SMILES string of the molecule is N#Cc1c[nH]nc1-c1cn[nH]c1. The van der Waals surface area contributed by atoms with Crippen LogP contribution in [0.3, 0.4) is 0 Å². The lowest BCUT2D eigenvalue weighted by Crippen LogP contribution is -1.77. The van der Waals surface area contributed by atoms with Crippen molar-refractivity contribution in [3.05, 3.63) is 24.2 Å². The number of nitrogens with one attached hydrogen (secondary N) is 2. The van der Waals surface area contributed by atoms with Crippen molar-refractivity contribution in [1.29, 1.82) is 5.26 Å². The maximum Gasteiger partial charge on any atom is 0.113 e. The van der Waals surface area contributed by atoms with Gasteiger partial charge in [0, 0.05) is 18.0 Å². The van der Waals surface area contributed by atoms with Crippen molar-refractivity contribution in [3.63, 3.8) is 0 Å². The Morgan fingerprint density at radius 3 is 2.92 bits per heavy atom. The Hall–Kier alpha value is -2.09. The highest BCUT2D eigenvalue weighted by atomic mass is 15.1. The van der Waals surface area contributed by atoms with Crippen molar-refractivity contribution >= 4 is 0 Å². The van der Waals surface area contributed by atoms with E-state index in [-0.39, 0.29) is 0 Å². The number of aromatic nitrogens is 4. The molecule has 12 heavy (non-hydrogen) atoms. The molecule has 0 saturated heterocycles. The van der Waals surface area contributed by atoms with Crippen LogP contribution >= 0.6 is 0 Å². The van der Waals surface area contributed by atoms with Crippen LogP contribution in [0.4, 0.5) is 0 Å². The predicted molar refractivity (Wildman–Crippen MR) is 40.9 cm³/mol. The Balaban J connectivity index is 2.55. The fourth-order valence-electron chi connectivity index (χ4n) is 0.976. The molecule has 0 amide bonds. The highest BCUT2D eigenvalue weighted by molar-refractivity contribution is 5.64. The zero-order valence-corrected chi connectivity index (χ0v) is 6.07. The molecule has 0 saturated carbocycles. The molecule has 2 aromatic rings. The summed E-state index contributed by atoms with van der Waals surface area (Å²) in [5.41, 5.74) is 1.97. The van der Waals surface area contributed by atoms with Crippen LogP contribution in [0.5, 0.6) is 0 Å². The quantitative estimate of drug-likeness (QED) is 0.641. The van der Waals surface area contributed by atoms with Gasteiger partial charge >= 0.3 is 0 Å². The molecule has 2 rings (SSSR count). The topological polar surface area (TPSA) is 81.2 Å². The van der Waals surface area contributed by atoms with E-state index in [1.54, 1.807) is 18.6 Å². The second kappa shape index (κ2) is 2.51. The minimum atomic E-state index is 0.524. The molecule has 0 radical (unpaired) electrons. The maximum atomic E-state index is 8.67. The maximum absolute atomic E-state index is 8.67. The summed E-state index contributed by atoms with van der Waals surface area (Å²) in [4.78, 5) is 0. The predicted octanol–water partition coefficient (Wildman–Crippen LogP) is 0.671. The number of H-pyrrole nitrogens is 2. The van der Waals surface area contributed by atoms with Gasteiger partial charge in [0.25, 0.3) is 0 Å². The van der Waals surface area contributed by atoms with E-state index in [2.05, 4.69) is 20.4 Å². The van der Waals surface area contributed by atoms with Crippen molar-refractivity contribution in [1.82, 2.24) is 20.4 Å². The molecule has 0 fully saturated rings. The molecule has 0 aliphatic heterocycles. The monoisotopic (exact) mass is 159 g/mol. The van der Waals surface area contributed by atoms with Gasteiger partial charge < -0.3 is 0 Å². The first kappa shape index (κ1) is 6.61. The summed E-state index contributed by atoms with van der Waals surface area (Å²) < 4.78 is 0. The van der Waals surface area contributed by atoms with Crippen LogP contribution in [0, 0.1) is 11.3 Å². The van der Waals surface area contributed by atoms with E-state index in [4.69, 9.17) is 5.26 Å². The van der Waals surface area contributed by atoms with E-state index in [0.29, 0.717) is 11.3 Å². The first-order chi connectivity index (χ1) is 5.92. The van der Waals surface area contributed by atoms with Crippen LogP contribution < -0.4 is 0 Å². The van der Waals surface area contributed by atoms with Gasteiger partial charge in [0.05, 0.1) is 11.8 Å². The largest absolute Gasteiger partial charge is 0.285 e. The van der Waals surface area contributed by atoms with Gasteiger partial charge in [0.2, 0.25) is 0 Å². The van der Waals surface area contributed by atoms with Crippen LogP contribution in [0.2, 0.25) is 0 Å². The molecule has 0 bridgehead atoms. The second-order valence-electron chi connectivity index (χ2n) is 2.25. The lowest BCUT2D eigenvalue weighted by atomic mass is 10.2. The van der Waals surface area contributed by atoms with Crippen LogP contribution in [0.15, 0.2) is 18.6 Å². The Kier molecular flexibility index (Phi) is 1.38. The van der Waals surface area contributed by atoms with E-state index in [0.717, 1.165) is 5.56 Å². The van der Waals surface area contributed by atoms with Crippen molar-refractivity contribution in [2.24, 2.45) is 0 Å². The van der Waals surface area contributed by atoms with Crippen LogP contribution in [0.1, 0.15) is 5.56 Å². The molecular weight excluding hydrogens is 154 g/mol. The van der Waals surface area contributed by atoms with E-state index < -0.39 is 0 Å². The molecule has 58 valence electrons. The highest BCUT2D eigenvalue weighted by Crippen LogP contribution is 2.17. The van der Waals surface area contributed by atoms with Gasteiger partial charge in [-0.3, -0.25) is 10.2 Å². The smallest absolute Gasteiger partial charge is 0.113 e. The van der Waals surface area contributed by atoms with Crippen LogP contribution in [0.25, 0.3) is 11.3 Å². The molecule has 0 unspecified atom stereocenters. The Bertz CT molecular complexity index is 405. The average molecular weight is 159 g/mol. The molecule has 0 aliphatic rings. The zero-order valence-electron chi connectivity index (χ0n) is 6.07. The van der Waals surface area contributed by atoms with Crippen molar-refractivity contribution in [2.45, 2.75) is 0 Å². The number of hydrogen-bond acceptors (Lipinski definition) is 3. The van der Waals surface area contributed by atoms with Gasteiger partial charge in [0.15, 0.2) is 0 Å². The summed E-state index contributed by atoms with van der Waals surface area (Å²) in [6.07, 6.45) is 4.87. The fourth-order valence-corrected chi connectivity index (χ4v) is 0.976. The summed E-state index contributed by atoms with van der Waals surface area (Å²) in [7, 11) is 0. The molecular formula is C7H5N5. The normalized spacial score (nSPS) is 9.58. The first-order valence-corrected chi connectivity index (χ1v) is 3.35. The van der Waals surface area contributed by atoms with Gasteiger partial charge in [-0.1, -0.05) is 0 Å². The van der Waals surface area contributed by atoms with Gasteiger partial charge in [-0.2, -0.15) is 15.5 Å². The minimum absolute atomic E-state index is 0.524. The van der Waals surface area contributed by atoms with Gasteiger partial charge in [-0.15, -0.1) is 0 Å². The molecule has 2 N–H and O–H groups in total. The van der Waals surface area contributed by atoms with Crippen molar-refractivity contribution < 1.29 is 0 Å². The number of rotatable bonds is 1. The molecule has 2 aromatic heterocycles. The third-order valence-corrected chi connectivity index (χ3v) is 1.53. The average Bonchev–Trinajstić information content (AvgIpc) is 2.74. The number of hydrogen-bond donors (Lipinski definition) is 2. The summed E-state index contributed by atoms with van der Waals surface area (Å²) in [6.45, 7) is 0. The van der Waals surface area contributed by atoms with Gasteiger partial charge in [0.1, 0.15) is 11.8 Å². The first-order valence-electron chi connectivity index (χ1n) is 3.35. The van der Waals surface area contributed by atoms with Crippen LogP contribution in [-0.2, 0) is 0 Å². The number of aromatic amines is 2. The van der Waals surface area contributed by atoms with Gasteiger partial charge in [-0.05, 0) is 0 Å². The second-order valence-corrected chi connectivity index (χ2v) is 2.25. The molecule has 0 atom stereocenters. The number of nitriles is 1. The van der Waals surface area contributed by atoms with E-state index in [1.807, 2.05) is 6.07 Å². The summed E-state index contributed by atoms with van der Waals surface area (Å²) in [6, 6.07) is 2.03. The minimum Gasteiger partial charge on any atom is -0.285 e. The Morgan fingerprint density at radius 1 is 1.33 bits per heavy atom. The highest BCUT2D eigenvalue weighted by Gasteiger charge is 2.07. The molecule has 0 aromatic carbocycles. The Labute approximate surface area is 68.0 Å². The van der Waals surface area contributed by atoms with Crippen LogP contribution in [-0.4, -0.2) is 20.4 Å². The lowest BCUT2D eigenvalue weighted by Gasteiger charge is -1.86. The van der Waals surface area contributed by atoms with E-state index in [1.165, 1.54) is 0 Å². The molecule has 0 spiro atoms. The fraction of sp³-hybridized carbons (Fsp3) is 0. The third-order valence-electron chi connectivity index (χ3n) is 1.53. The third kappa shape index (κ3) is 0.864. The zero-order chi connectivity index (χ0) is 8.39.